The third-order valence-electron chi connectivity index (χ3n) is 4.64. The number of benzene rings is 2. The van der Waals surface area contributed by atoms with Gasteiger partial charge < -0.3 is 19.4 Å². The molecule has 0 bridgehead atoms. The molecular formula is C20H25N3O2. The van der Waals surface area contributed by atoms with Gasteiger partial charge in [0.05, 0.1) is 13.7 Å². The van der Waals surface area contributed by atoms with Crippen LogP contribution in [0.5, 0.6) is 5.75 Å². The minimum absolute atomic E-state index is 0.181. The van der Waals surface area contributed by atoms with Crippen LogP contribution in [0.1, 0.15) is 0 Å². The number of amides is 1. The molecule has 2 aromatic carbocycles. The summed E-state index contributed by atoms with van der Waals surface area (Å²) >= 11 is 0. The molecule has 0 saturated carbocycles. The van der Waals surface area contributed by atoms with Crippen molar-refractivity contribution >= 4 is 17.3 Å². The average Bonchev–Trinajstić information content (AvgIpc) is 2.69. The Balaban J connectivity index is 1.52. The standard InChI is InChI=1S/C20H25N3O2/c1-21(17-6-4-3-5-7-17)16-20(24)23-14-12-22(13-15-23)18-8-10-19(25-2)11-9-18/h3-11H,12-16H2,1-2H3. The first-order valence-electron chi connectivity index (χ1n) is 8.60. The van der Waals surface area contributed by atoms with Crippen molar-refractivity contribution in [2.24, 2.45) is 0 Å². The van der Waals surface area contributed by atoms with E-state index in [4.69, 9.17) is 4.74 Å². The minimum atomic E-state index is 0.181. The van der Waals surface area contributed by atoms with Crippen LogP contribution in [0.3, 0.4) is 0 Å². The van der Waals surface area contributed by atoms with Gasteiger partial charge in [-0.05, 0) is 36.4 Å². The normalized spacial score (nSPS) is 14.3. The fourth-order valence-electron chi connectivity index (χ4n) is 3.08. The largest absolute Gasteiger partial charge is 0.497 e. The summed E-state index contributed by atoms with van der Waals surface area (Å²) in [6.45, 7) is 3.63. The van der Waals surface area contributed by atoms with Gasteiger partial charge in [0.1, 0.15) is 5.75 Å². The van der Waals surface area contributed by atoms with Gasteiger partial charge in [-0.25, -0.2) is 0 Å². The molecule has 0 N–H and O–H groups in total. The predicted molar refractivity (Wildman–Crippen MR) is 101 cm³/mol. The Hall–Kier alpha value is -2.69. The molecule has 1 heterocycles. The number of anilines is 2. The zero-order valence-electron chi connectivity index (χ0n) is 14.9. The van der Waals surface area contributed by atoms with Crippen LogP contribution < -0.4 is 14.5 Å². The number of para-hydroxylation sites is 1. The summed E-state index contributed by atoms with van der Waals surface area (Å²) in [5, 5.41) is 0. The van der Waals surface area contributed by atoms with Crippen LogP contribution in [0.4, 0.5) is 11.4 Å². The quantitative estimate of drug-likeness (QED) is 0.838. The highest BCUT2D eigenvalue weighted by molar-refractivity contribution is 5.81. The summed E-state index contributed by atoms with van der Waals surface area (Å²) in [6.07, 6.45) is 0. The molecule has 0 aliphatic carbocycles. The highest BCUT2D eigenvalue weighted by atomic mass is 16.5. The average molecular weight is 339 g/mol. The van der Waals surface area contributed by atoms with Gasteiger partial charge in [0.15, 0.2) is 0 Å². The molecule has 1 saturated heterocycles. The fraction of sp³-hybridized carbons (Fsp3) is 0.350. The smallest absolute Gasteiger partial charge is 0.242 e. The maximum Gasteiger partial charge on any atom is 0.242 e. The molecule has 132 valence electrons. The lowest BCUT2D eigenvalue weighted by Gasteiger charge is -2.37. The van der Waals surface area contributed by atoms with Crippen molar-refractivity contribution in [1.82, 2.24) is 4.90 Å². The van der Waals surface area contributed by atoms with Gasteiger partial charge in [-0.3, -0.25) is 4.79 Å². The van der Waals surface area contributed by atoms with Crippen molar-refractivity contribution < 1.29 is 9.53 Å². The van der Waals surface area contributed by atoms with Crippen LogP contribution >= 0.6 is 0 Å². The van der Waals surface area contributed by atoms with E-state index in [2.05, 4.69) is 17.0 Å². The lowest BCUT2D eigenvalue weighted by atomic mass is 10.2. The lowest BCUT2D eigenvalue weighted by molar-refractivity contribution is -0.129. The van der Waals surface area contributed by atoms with Gasteiger partial charge in [-0.1, -0.05) is 18.2 Å². The second-order valence-corrected chi connectivity index (χ2v) is 6.26. The molecule has 0 spiro atoms. The Bertz CT molecular complexity index is 680. The Morgan fingerprint density at radius 3 is 2.24 bits per heavy atom. The Morgan fingerprint density at radius 1 is 1.00 bits per heavy atom. The Labute approximate surface area is 149 Å². The number of methoxy groups -OCH3 is 1. The number of nitrogens with zero attached hydrogens (tertiary/aromatic N) is 3. The minimum Gasteiger partial charge on any atom is -0.497 e. The molecular weight excluding hydrogens is 314 g/mol. The van der Waals surface area contributed by atoms with Crippen molar-refractivity contribution in [3.05, 3.63) is 54.6 Å². The highest BCUT2D eigenvalue weighted by Gasteiger charge is 2.22. The molecule has 1 fully saturated rings. The molecule has 0 aromatic heterocycles. The number of piperazine rings is 1. The molecule has 25 heavy (non-hydrogen) atoms. The molecule has 0 radical (unpaired) electrons. The van der Waals surface area contributed by atoms with E-state index in [-0.39, 0.29) is 5.91 Å². The van der Waals surface area contributed by atoms with Crippen LogP contribution in [0.15, 0.2) is 54.6 Å². The summed E-state index contributed by atoms with van der Waals surface area (Å²) in [5.74, 6) is 1.04. The van der Waals surface area contributed by atoms with E-state index >= 15 is 0 Å². The first kappa shape index (κ1) is 17.1. The first-order chi connectivity index (χ1) is 12.2. The van der Waals surface area contributed by atoms with Crippen molar-refractivity contribution in [2.75, 3.05) is 56.7 Å². The van der Waals surface area contributed by atoms with Crippen molar-refractivity contribution in [3.8, 4) is 5.75 Å². The highest BCUT2D eigenvalue weighted by Crippen LogP contribution is 2.20. The van der Waals surface area contributed by atoms with Gasteiger partial charge in [0, 0.05) is 44.6 Å². The van der Waals surface area contributed by atoms with E-state index in [1.165, 1.54) is 5.69 Å². The van der Waals surface area contributed by atoms with Crippen molar-refractivity contribution in [3.63, 3.8) is 0 Å². The van der Waals surface area contributed by atoms with Gasteiger partial charge in [-0.2, -0.15) is 0 Å². The van der Waals surface area contributed by atoms with Crippen LogP contribution in [-0.4, -0.2) is 57.7 Å². The van der Waals surface area contributed by atoms with Gasteiger partial charge in [0.2, 0.25) is 5.91 Å². The maximum atomic E-state index is 12.6. The molecule has 1 aliphatic rings. The van der Waals surface area contributed by atoms with Crippen molar-refractivity contribution in [2.45, 2.75) is 0 Å². The molecule has 1 amide bonds. The lowest BCUT2D eigenvalue weighted by Crippen LogP contribution is -2.51. The molecule has 2 aromatic rings. The van der Waals surface area contributed by atoms with E-state index in [1.807, 2.05) is 59.3 Å². The zero-order chi connectivity index (χ0) is 17.6. The topological polar surface area (TPSA) is 36.0 Å². The van der Waals surface area contributed by atoms with Crippen LogP contribution in [0.2, 0.25) is 0 Å². The zero-order valence-corrected chi connectivity index (χ0v) is 14.9. The molecule has 0 atom stereocenters. The molecule has 1 aliphatic heterocycles. The Morgan fingerprint density at radius 2 is 1.64 bits per heavy atom. The second kappa shape index (κ2) is 7.92. The summed E-state index contributed by atoms with van der Waals surface area (Å²) in [6, 6.07) is 18.1. The third-order valence-corrected chi connectivity index (χ3v) is 4.64. The number of ether oxygens (including phenoxy) is 1. The van der Waals surface area contributed by atoms with Gasteiger partial charge >= 0.3 is 0 Å². The number of hydrogen-bond donors (Lipinski definition) is 0. The molecule has 0 unspecified atom stereocenters. The van der Waals surface area contributed by atoms with Crippen LogP contribution in [0.25, 0.3) is 0 Å². The number of carbonyl (C=O) groups is 1. The summed E-state index contributed by atoms with van der Waals surface area (Å²) < 4.78 is 5.20. The number of carbonyl (C=O) groups excluding carboxylic acids is 1. The summed E-state index contributed by atoms with van der Waals surface area (Å²) in [4.78, 5) is 18.8. The maximum absolute atomic E-state index is 12.6. The summed E-state index contributed by atoms with van der Waals surface area (Å²) in [7, 11) is 3.63. The fourth-order valence-corrected chi connectivity index (χ4v) is 3.08. The monoisotopic (exact) mass is 339 g/mol. The SMILES string of the molecule is COc1ccc(N2CCN(C(=O)CN(C)c3ccccc3)CC2)cc1. The van der Waals surface area contributed by atoms with E-state index in [0.717, 1.165) is 37.6 Å². The van der Waals surface area contributed by atoms with E-state index < -0.39 is 0 Å². The number of rotatable bonds is 5. The van der Waals surface area contributed by atoms with Gasteiger partial charge in [0.25, 0.3) is 0 Å². The van der Waals surface area contributed by atoms with Crippen molar-refractivity contribution in [1.29, 1.82) is 0 Å². The first-order valence-corrected chi connectivity index (χ1v) is 8.60. The van der Waals surface area contributed by atoms with Crippen LogP contribution in [0, 0.1) is 0 Å². The number of hydrogen-bond acceptors (Lipinski definition) is 4. The second-order valence-electron chi connectivity index (χ2n) is 6.26. The van der Waals surface area contributed by atoms with Gasteiger partial charge in [-0.15, -0.1) is 0 Å². The van der Waals surface area contributed by atoms with E-state index in [1.54, 1.807) is 7.11 Å². The molecule has 5 nitrogen and oxygen atoms in total. The molecule has 5 heteroatoms. The van der Waals surface area contributed by atoms with E-state index in [0.29, 0.717) is 6.54 Å². The molecule has 3 rings (SSSR count). The Kier molecular flexibility index (Phi) is 5.43. The predicted octanol–water partition coefficient (Wildman–Crippen LogP) is 2.48. The van der Waals surface area contributed by atoms with Crippen LogP contribution in [-0.2, 0) is 4.79 Å². The third kappa shape index (κ3) is 4.24. The van der Waals surface area contributed by atoms with E-state index in [9.17, 15) is 4.79 Å². The number of likely N-dealkylation sites (N-methyl/N-ethyl adjacent to an activating group) is 1. The summed E-state index contributed by atoms with van der Waals surface area (Å²) in [5.41, 5.74) is 2.24.